The van der Waals surface area contributed by atoms with Crippen LogP contribution in [-0.4, -0.2) is 4.98 Å². The van der Waals surface area contributed by atoms with Crippen molar-refractivity contribution in [2.45, 2.75) is 90.9 Å². The highest BCUT2D eigenvalue weighted by molar-refractivity contribution is 5.20. The van der Waals surface area contributed by atoms with E-state index in [9.17, 15) is 0 Å². The molecule has 0 aromatic carbocycles. The Kier molecular flexibility index (Phi) is 9.57. The molecule has 110 valence electrons. The fraction of sp³-hybridized carbons (Fsp3) is 0.778. The lowest BCUT2D eigenvalue weighted by atomic mass is 10.0. The molecule has 0 spiro atoms. The van der Waals surface area contributed by atoms with Gasteiger partial charge in [0.2, 0.25) is 0 Å². The molecular weight excluding hydrogens is 230 g/mol. The Bertz CT molecular complexity index is 300. The number of rotatable bonds is 12. The first-order valence-electron chi connectivity index (χ1n) is 8.53. The van der Waals surface area contributed by atoms with Gasteiger partial charge in [0, 0.05) is 11.9 Å². The predicted octanol–water partition coefficient (Wildman–Crippen LogP) is 6.04. The third kappa shape index (κ3) is 7.44. The summed E-state index contributed by atoms with van der Waals surface area (Å²) in [5, 5.41) is 0. The van der Waals surface area contributed by atoms with Gasteiger partial charge in [-0.25, -0.2) is 0 Å². The van der Waals surface area contributed by atoms with E-state index in [0.29, 0.717) is 0 Å². The minimum absolute atomic E-state index is 1.14. The average molecular weight is 263 g/mol. The van der Waals surface area contributed by atoms with Crippen LogP contribution >= 0.6 is 0 Å². The first kappa shape index (κ1) is 16.3. The van der Waals surface area contributed by atoms with Gasteiger partial charge in [-0.2, -0.15) is 0 Å². The van der Waals surface area contributed by atoms with Crippen LogP contribution in [0.4, 0.5) is 0 Å². The number of unbranched alkanes of at least 4 members (excludes halogenated alkanes) is 9. The third-order valence-electron chi connectivity index (χ3n) is 4.08. The highest BCUT2D eigenvalue weighted by atomic mass is 14.7. The number of hydrogen-bond acceptors (Lipinski definition) is 0. The van der Waals surface area contributed by atoms with E-state index in [-0.39, 0.29) is 0 Å². The number of nitrogens with one attached hydrogen (secondary N) is 1. The van der Waals surface area contributed by atoms with Crippen LogP contribution in [0.1, 0.15) is 89.3 Å². The normalized spacial score (nSPS) is 11.1. The van der Waals surface area contributed by atoms with Crippen molar-refractivity contribution in [2.75, 3.05) is 0 Å². The summed E-state index contributed by atoms with van der Waals surface area (Å²) in [4.78, 5) is 3.34. The summed E-state index contributed by atoms with van der Waals surface area (Å²) in [5.41, 5.74) is 2.98. The van der Waals surface area contributed by atoms with Crippen LogP contribution in [-0.2, 0) is 12.8 Å². The molecule has 0 unspecified atom stereocenters. The molecule has 0 bridgehead atoms. The van der Waals surface area contributed by atoms with Gasteiger partial charge in [-0.05, 0) is 30.9 Å². The van der Waals surface area contributed by atoms with E-state index in [1.165, 1.54) is 76.3 Å². The van der Waals surface area contributed by atoms with Gasteiger partial charge < -0.3 is 4.98 Å². The fourth-order valence-electron chi connectivity index (χ4n) is 2.80. The molecular formula is C18H33N. The lowest BCUT2D eigenvalue weighted by Gasteiger charge is -2.03. The molecule has 1 nitrogen and oxygen atoms in total. The molecule has 1 rings (SSSR count). The molecule has 0 aliphatic rings. The topological polar surface area (TPSA) is 15.8 Å². The van der Waals surface area contributed by atoms with Crippen molar-refractivity contribution >= 4 is 0 Å². The predicted molar refractivity (Wildman–Crippen MR) is 85.7 cm³/mol. The maximum atomic E-state index is 3.34. The van der Waals surface area contributed by atoms with Crippen molar-refractivity contribution in [3.8, 4) is 0 Å². The Labute approximate surface area is 120 Å². The molecule has 0 fully saturated rings. The molecule has 1 aromatic rings. The zero-order valence-electron chi connectivity index (χ0n) is 13.1. The van der Waals surface area contributed by atoms with Crippen LogP contribution in [0.15, 0.2) is 12.3 Å². The van der Waals surface area contributed by atoms with E-state index in [0.717, 1.165) is 6.42 Å². The molecule has 0 aliphatic carbocycles. The fourth-order valence-corrected chi connectivity index (χ4v) is 2.80. The van der Waals surface area contributed by atoms with Gasteiger partial charge in [0.15, 0.2) is 0 Å². The summed E-state index contributed by atoms with van der Waals surface area (Å²) < 4.78 is 0. The lowest BCUT2D eigenvalue weighted by Crippen LogP contribution is -1.90. The summed E-state index contributed by atoms with van der Waals surface area (Å²) in [5.74, 6) is 0. The van der Waals surface area contributed by atoms with Crippen molar-refractivity contribution < 1.29 is 0 Å². The second-order valence-electron chi connectivity index (χ2n) is 5.77. The van der Waals surface area contributed by atoms with Gasteiger partial charge in [0.1, 0.15) is 0 Å². The Morgan fingerprint density at radius 2 is 1.37 bits per heavy atom. The lowest BCUT2D eigenvalue weighted by molar-refractivity contribution is 0.556. The first-order valence-corrected chi connectivity index (χ1v) is 8.53. The zero-order valence-corrected chi connectivity index (χ0v) is 13.1. The summed E-state index contributed by atoms with van der Waals surface area (Å²) in [6, 6.07) is 2.26. The molecule has 0 amide bonds. The van der Waals surface area contributed by atoms with Gasteiger partial charge >= 0.3 is 0 Å². The van der Waals surface area contributed by atoms with Crippen molar-refractivity contribution in [2.24, 2.45) is 0 Å². The van der Waals surface area contributed by atoms with Crippen molar-refractivity contribution in [1.29, 1.82) is 0 Å². The quantitative estimate of drug-likeness (QED) is 0.442. The summed E-state index contributed by atoms with van der Waals surface area (Å²) in [6.07, 6.45) is 18.7. The minimum Gasteiger partial charge on any atom is -0.365 e. The van der Waals surface area contributed by atoms with Gasteiger partial charge in [0.25, 0.3) is 0 Å². The van der Waals surface area contributed by atoms with E-state index in [2.05, 4.69) is 31.1 Å². The number of aromatic amines is 1. The SMILES string of the molecule is CCCCCCCCCCCCc1cc[nH]c1CC. The van der Waals surface area contributed by atoms with Crippen molar-refractivity contribution in [3.63, 3.8) is 0 Å². The number of H-pyrrole nitrogens is 1. The van der Waals surface area contributed by atoms with Crippen LogP contribution in [0.3, 0.4) is 0 Å². The summed E-state index contributed by atoms with van der Waals surface area (Å²) in [7, 11) is 0. The van der Waals surface area contributed by atoms with Gasteiger partial charge in [0.05, 0.1) is 0 Å². The summed E-state index contributed by atoms with van der Waals surface area (Å²) in [6.45, 7) is 4.52. The Morgan fingerprint density at radius 1 is 0.789 bits per heavy atom. The van der Waals surface area contributed by atoms with Crippen molar-refractivity contribution in [3.05, 3.63) is 23.5 Å². The Morgan fingerprint density at radius 3 is 1.95 bits per heavy atom. The highest BCUT2D eigenvalue weighted by Crippen LogP contribution is 2.14. The minimum atomic E-state index is 1.14. The standard InChI is InChI=1S/C18H33N/c1-3-5-6-7-8-9-10-11-12-13-14-17-15-16-19-18(17)4-2/h15-16,19H,3-14H2,1-2H3. The molecule has 0 saturated heterocycles. The van der Waals surface area contributed by atoms with Crippen LogP contribution < -0.4 is 0 Å². The third-order valence-corrected chi connectivity index (χ3v) is 4.08. The monoisotopic (exact) mass is 263 g/mol. The molecule has 0 saturated carbocycles. The molecule has 1 aromatic heterocycles. The van der Waals surface area contributed by atoms with Crippen LogP contribution in [0.2, 0.25) is 0 Å². The Hall–Kier alpha value is -0.720. The molecule has 1 heterocycles. The van der Waals surface area contributed by atoms with Crippen molar-refractivity contribution in [1.82, 2.24) is 4.98 Å². The van der Waals surface area contributed by atoms with Crippen LogP contribution in [0, 0.1) is 0 Å². The molecule has 1 heteroatoms. The summed E-state index contributed by atoms with van der Waals surface area (Å²) >= 11 is 0. The second kappa shape index (κ2) is 11.1. The van der Waals surface area contributed by atoms with E-state index in [1.807, 2.05) is 0 Å². The molecule has 19 heavy (non-hydrogen) atoms. The van der Waals surface area contributed by atoms with Crippen LogP contribution in [0.25, 0.3) is 0 Å². The number of aromatic nitrogens is 1. The van der Waals surface area contributed by atoms with E-state index >= 15 is 0 Å². The average Bonchev–Trinajstić information content (AvgIpc) is 2.88. The van der Waals surface area contributed by atoms with Gasteiger partial charge in [-0.1, -0.05) is 71.6 Å². The maximum Gasteiger partial charge on any atom is 0.0176 e. The maximum absolute atomic E-state index is 3.34. The molecule has 0 atom stereocenters. The number of hydrogen-bond donors (Lipinski definition) is 1. The molecule has 1 N–H and O–H groups in total. The number of aryl methyl sites for hydroxylation is 2. The highest BCUT2D eigenvalue weighted by Gasteiger charge is 2.01. The first-order chi connectivity index (χ1) is 9.38. The van der Waals surface area contributed by atoms with E-state index in [4.69, 9.17) is 0 Å². The van der Waals surface area contributed by atoms with E-state index < -0.39 is 0 Å². The second-order valence-corrected chi connectivity index (χ2v) is 5.77. The Balaban J connectivity index is 1.89. The molecule has 0 radical (unpaired) electrons. The smallest absolute Gasteiger partial charge is 0.0176 e. The van der Waals surface area contributed by atoms with E-state index in [1.54, 1.807) is 5.56 Å². The molecule has 0 aliphatic heterocycles. The van der Waals surface area contributed by atoms with Crippen LogP contribution in [0.5, 0.6) is 0 Å². The van der Waals surface area contributed by atoms with Gasteiger partial charge in [-0.3, -0.25) is 0 Å². The van der Waals surface area contributed by atoms with Gasteiger partial charge in [-0.15, -0.1) is 0 Å². The zero-order chi connectivity index (χ0) is 13.8. The largest absolute Gasteiger partial charge is 0.365 e.